The first-order chi connectivity index (χ1) is 9.85. The summed E-state index contributed by atoms with van der Waals surface area (Å²) >= 11 is 0. The molecule has 0 fully saturated rings. The van der Waals surface area contributed by atoms with E-state index in [2.05, 4.69) is 10.8 Å². The molecule has 0 saturated heterocycles. The van der Waals surface area contributed by atoms with Gasteiger partial charge >= 0.3 is 5.97 Å². The van der Waals surface area contributed by atoms with Crippen LogP contribution in [0.15, 0.2) is 24.3 Å². The van der Waals surface area contributed by atoms with Crippen molar-refractivity contribution in [1.82, 2.24) is 4.90 Å². The molecule has 0 bridgehead atoms. The van der Waals surface area contributed by atoms with E-state index in [1.807, 2.05) is 39.8 Å². The van der Waals surface area contributed by atoms with E-state index in [0.717, 1.165) is 11.1 Å². The first-order valence-corrected chi connectivity index (χ1v) is 6.98. The van der Waals surface area contributed by atoms with Gasteiger partial charge in [-0.1, -0.05) is 23.8 Å². The Labute approximate surface area is 126 Å². The van der Waals surface area contributed by atoms with Crippen molar-refractivity contribution in [3.63, 3.8) is 0 Å². The van der Waals surface area contributed by atoms with Crippen LogP contribution < -0.4 is 0 Å². The third kappa shape index (κ3) is 5.06. The molecular formula is C17H23NO3. The van der Waals surface area contributed by atoms with E-state index in [1.54, 1.807) is 6.08 Å². The minimum absolute atomic E-state index is 0.0375. The van der Waals surface area contributed by atoms with E-state index >= 15 is 0 Å². The Balaban J connectivity index is 2.85. The summed E-state index contributed by atoms with van der Waals surface area (Å²) in [6.45, 7) is 7.73. The molecule has 1 aromatic carbocycles. The molecule has 0 aliphatic rings. The molecule has 4 heteroatoms. The molecule has 1 amide bonds. The number of carbonyl (C=O) groups is 2. The number of rotatable bonds is 5. The fourth-order valence-electron chi connectivity index (χ4n) is 1.99. The van der Waals surface area contributed by atoms with Crippen molar-refractivity contribution in [3.8, 4) is 0 Å². The number of aryl methyl sites for hydroxylation is 2. The number of carbonyl (C=O) groups excluding carboxylic acids is 2. The number of hydrogen-bond donors (Lipinski definition) is 0. The number of nitrogens with zero attached hydrogens (tertiary/aromatic N) is 1. The number of ether oxygens (including phenoxy) is 1. The summed E-state index contributed by atoms with van der Waals surface area (Å²) in [5.41, 5.74) is 3.30. The van der Waals surface area contributed by atoms with Gasteiger partial charge in [0, 0.05) is 12.1 Å². The van der Waals surface area contributed by atoms with Crippen LogP contribution in [0.25, 0.3) is 6.08 Å². The Bertz CT molecular complexity index is 547. The summed E-state index contributed by atoms with van der Waals surface area (Å²) < 4.78 is 4.62. The fourth-order valence-corrected chi connectivity index (χ4v) is 1.99. The molecule has 114 valence electrons. The molecule has 0 heterocycles. The highest BCUT2D eigenvalue weighted by atomic mass is 16.5. The van der Waals surface area contributed by atoms with Crippen molar-refractivity contribution in [2.45, 2.75) is 33.7 Å². The molecule has 0 N–H and O–H groups in total. The molecule has 1 aromatic rings. The Hall–Kier alpha value is -2.10. The molecule has 0 atom stereocenters. The average molecular weight is 289 g/mol. The van der Waals surface area contributed by atoms with Crippen LogP contribution in [0.1, 0.15) is 30.5 Å². The molecule has 0 spiro atoms. The Kier molecular flexibility index (Phi) is 6.15. The van der Waals surface area contributed by atoms with Gasteiger partial charge in [0.25, 0.3) is 0 Å². The summed E-state index contributed by atoms with van der Waals surface area (Å²) in [5, 5.41) is 0. The molecule has 0 aliphatic heterocycles. The first-order valence-electron chi connectivity index (χ1n) is 6.98. The normalized spacial score (nSPS) is 11.0. The quantitative estimate of drug-likeness (QED) is 0.618. The molecule has 0 aliphatic carbocycles. The maximum absolute atomic E-state index is 12.2. The zero-order valence-electron chi connectivity index (χ0n) is 13.3. The van der Waals surface area contributed by atoms with Crippen molar-refractivity contribution in [2.24, 2.45) is 0 Å². The lowest BCUT2D eigenvalue weighted by Crippen LogP contribution is -2.40. The number of hydrogen-bond acceptors (Lipinski definition) is 3. The molecule has 21 heavy (non-hydrogen) atoms. The van der Waals surface area contributed by atoms with Gasteiger partial charge in [0.05, 0.1) is 7.11 Å². The monoisotopic (exact) mass is 289 g/mol. The summed E-state index contributed by atoms with van der Waals surface area (Å²) in [5.74, 6) is -0.618. The van der Waals surface area contributed by atoms with E-state index < -0.39 is 5.97 Å². The van der Waals surface area contributed by atoms with Crippen molar-refractivity contribution >= 4 is 18.0 Å². The third-order valence-electron chi connectivity index (χ3n) is 3.26. The summed E-state index contributed by atoms with van der Waals surface area (Å²) in [6.07, 6.45) is 3.28. The zero-order valence-corrected chi connectivity index (χ0v) is 13.3. The lowest BCUT2D eigenvalue weighted by molar-refractivity contribution is -0.146. The predicted molar refractivity (Wildman–Crippen MR) is 83.8 cm³/mol. The highest BCUT2D eigenvalue weighted by Crippen LogP contribution is 2.12. The van der Waals surface area contributed by atoms with Crippen molar-refractivity contribution in [2.75, 3.05) is 13.7 Å². The lowest BCUT2D eigenvalue weighted by Gasteiger charge is -2.24. The van der Waals surface area contributed by atoms with Crippen molar-refractivity contribution in [1.29, 1.82) is 0 Å². The average Bonchev–Trinajstić information content (AvgIpc) is 2.42. The molecule has 0 saturated carbocycles. The van der Waals surface area contributed by atoms with E-state index in [0.29, 0.717) is 0 Å². The van der Waals surface area contributed by atoms with Gasteiger partial charge in [-0.2, -0.15) is 0 Å². The standard InChI is InChI=1S/C17H23NO3/c1-12(2)18(11-17(20)21-5)16(19)9-8-15-7-6-13(3)10-14(15)4/h6-10,12H,11H2,1-5H3. The topological polar surface area (TPSA) is 46.6 Å². The van der Waals surface area contributed by atoms with Crippen LogP contribution >= 0.6 is 0 Å². The van der Waals surface area contributed by atoms with Gasteiger partial charge in [-0.3, -0.25) is 9.59 Å². The number of methoxy groups -OCH3 is 1. The van der Waals surface area contributed by atoms with Gasteiger partial charge in [0.1, 0.15) is 6.54 Å². The van der Waals surface area contributed by atoms with Crippen LogP contribution in [0.3, 0.4) is 0 Å². The zero-order chi connectivity index (χ0) is 16.0. The van der Waals surface area contributed by atoms with Crippen LogP contribution in [0, 0.1) is 13.8 Å². The predicted octanol–water partition coefficient (Wildman–Crippen LogP) is 2.73. The maximum atomic E-state index is 12.2. The maximum Gasteiger partial charge on any atom is 0.325 e. The molecule has 0 radical (unpaired) electrons. The minimum atomic E-state index is -0.419. The van der Waals surface area contributed by atoms with Gasteiger partial charge < -0.3 is 9.64 Å². The van der Waals surface area contributed by atoms with Crippen LogP contribution in [0.4, 0.5) is 0 Å². The Morgan fingerprint density at radius 3 is 2.48 bits per heavy atom. The van der Waals surface area contributed by atoms with Crippen LogP contribution in [-0.4, -0.2) is 36.5 Å². The lowest BCUT2D eigenvalue weighted by atomic mass is 10.1. The molecule has 0 aromatic heterocycles. The molecule has 1 rings (SSSR count). The summed E-state index contributed by atoms with van der Waals surface area (Å²) in [4.78, 5) is 25.1. The van der Waals surface area contributed by atoms with Crippen molar-refractivity contribution < 1.29 is 14.3 Å². The summed E-state index contributed by atoms with van der Waals surface area (Å²) in [6, 6.07) is 5.99. The smallest absolute Gasteiger partial charge is 0.325 e. The fraction of sp³-hybridized carbons (Fsp3) is 0.412. The second kappa shape index (κ2) is 7.62. The van der Waals surface area contributed by atoms with Crippen LogP contribution in [0.2, 0.25) is 0 Å². The molecule has 0 unspecified atom stereocenters. The van der Waals surface area contributed by atoms with E-state index in [4.69, 9.17) is 0 Å². The second-order valence-electron chi connectivity index (χ2n) is 5.33. The highest BCUT2D eigenvalue weighted by molar-refractivity contribution is 5.94. The third-order valence-corrected chi connectivity index (χ3v) is 3.26. The van der Waals surface area contributed by atoms with Gasteiger partial charge in [-0.05, 0) is 44.9 Å². The van der Waals surface area contributed by atoms with Gasteiger partial charge in [0.15, 0.2) is 0 Å². The Morgan fingerprint density at radius 2 is 1.95 bits per heavy atom. The number of esters is 1. The highest BCUT2D eigenvalue weighted by Gasteiger charge is 2.18. The van der Waals surface area contributed by atoms with E-state index in [1.165, 1.54) is 23.6 Å². The minimum Gasteiger partial charge on any atom is -0.468 e. The van der Waals surface area contributed by atoms with Crippen LogP contribution in [0.5, 0.6) is 0 Å². The van der Waals surface area contributed by atoms with Crippen LogP contribution in [-0.2, 0) is 14.3 Å². The largest absolute Gasteiger partial charge is 0.468 e. The second-order valence-corrected chi connectivity index (χ2v) is 5.33. The Morgan fingerprint density at radius 1 is 1.29 bits per heavy atom. The summed E-state index contributed by atoms with van der Waals surface area (Å²) in [7, 11) is 1.32. The number of amides is 1. The molecule has 4 nitrogen and oxygen atoms in total. The molecular weight excluding hydrogens is 266 g/mol. The SMILES string of the molecule is COC(=O)CN(C(=O)C=Cc1ccc(C)cc1C)C(C)C. The van der Waals surface area contributed by atoms with Gasteiger partial charge in [-0.25, -0.2) is 0 Å². The van der Waals surface area contributed by atoms with Crippen molar-refractivity contribution in [3.05, 3.63) is 41.0 Å². The first kappa shape index (κ1) is 17.0. The van der Waals surface area contributed by atoms with Gasteiger partial charge in [0.2, 0.25) is 5.91 Å². The number of benzene rings is 1. The van der Waals surface area contributed by atoms with Gasteiger partial charge in [-0.15, -0.1) is 0 Å². The van der Waals surface area contributed by atoms with E-state index in [-0.39, 0.29) is 18.5 Å². The van der Waals surface area contributed by atoms with E-state index in [9.17, 15) is 9.59 Å².